The van der Waals surface area contributed by atoms with Crippen LogP contribution in [0.5, 0.6) is 5.88 Å². The molecule has 0 unspecified atom stereocenters. The van der Waals surface area contributed by atoms with Crippen molar-refractivity contribution >= 4 is 32.8 Å². The SMILES string of the molecule is COc1nc2ncc3c(c2cc1F)N(Cc1ccc(S(N)(=O)=O)c(CNO)c1)C(=O)OC3. The second-order valence-electron chi connectivity index (χ2n) is 6.95. The minimum Gasteiger partial charge on any atom is -0.479 e. The van der Waals surface area contributed by atoms with Crippen LogP contribution in [0.25, 0.3) is 11.0 Å². The molecule has 168 valence electrons. The second-order valence-corrected chi connectivity index (χ2v) is 8.48. The van der Waals surface area contributed by atoms with E-state index in [2.05, 4.69) is 9.97 Å². The number of nitrogens with zero attached hydrogens (tertiary/aromatic N) is 3. The number of nitrogens with two attached hydrogens (primary N) is 1. The highest BCUT2D eigenvalue weighted by Gasteiger charge is 2.30. The quantitative estimate of drug-likeness (QED) is 0.461. The highest BCUT2D eigenvalue weighted by Crippen LogP contribution is 2.36. The number of primary sulfonamides is 1. The van der Waals surface area contributed by atoms with Crippen LogP contribution >= 0.6 is 0 Å². The van der Waals surface area contributed by atoms with Crippen molar-refractivity contribution in [3.63, 3.8) is 0 Å². The van der Waals surface area contributed by atoms with Gasteiger partial charge in [0.2, 0.25) is 10.0 Å². The Kier molecular flexibility index (Phi) is 5.64. The summed E-state index contributed by atoms with van der Waals surface area (Å²) in [5.74, 6) is -0.947. The summed E-state index contributed by atoms with van der Waals surface area (Å²) >= 11 is 0. The van der Waals surface area contributed by atoms with Gasteiger partial charge in [0.05, 0.1) is 24.2 Å². The first-order valence-electron chi connectivity index (χ1n) is 9.21. The van der Waals surface area contributed by atoms with Crippen LogP contribution in [0.4, 0.5) is 14.9 Å². The van der Waals surface area contributed by atoms with Gasteiger partial charge in [-0.1, -0.05) is 12.1 Å². The molecule has 11 nitrogen and oxygen atoms in total. The highest BCUT2D eigenvalue weighted by atomic mass is 32.2. The van der Waals surface area contributed by atoms with Gasteiger partial charge in [0.15, 0.2) is 11.5 Å². The average Bonchev–Trinajstić information content (AvgIpc) is 2.74. The largest absolute Gasteiger partial charge is 0.479 e. The third kappa shape index (κ3) is 3.93. The number of halogens is 1. The maximum Gasteiger partial charge on any atom is 0.414 e. The number of fused-ring (bicyclic) bond motifs is 3. The number of nitrogens with one attached hydrogen (secondary N) is 1. The summed E-state index contributed by atoms with van der Waals surface area (Å²) in [5, 5.41) is 14.6. The normalized spacial score (nSPS) is 13.8. The molecule has 1 aliphatic heterocycles. The topological polar surface area (TPSA) is 157 Å². The van der Waals surface area contributed by atoms with E-state index in [-0.39, 0.29) is 47.1 Å². The average molecular weight is 463 g/mol. The molecular formula is C19H18FN5O6S. The molecule has 0 saturated heterocycles. The summed E-state index contributed by atoms with van der Waals surface area (Å²) in [5.41, 5.74) is 3.71. The van der Waals surface area contributed by atoms with Crippen molar-refractivity contribution in [2.24, 2.45) is 5.14 Å². The third-order valence-corrected chi connectivity index (χ3v) is 5.91. The second kappa shape index (κ2) is 8.27. The Bertz CT molecular complexity index is 1330. The molecule has 0 spiro atoms. The van der Waals surface area contributed by atoms with Crippen LogP contribution in [0, 0.1) is 5.82 Å². The molecule has 0 aliphatic carbocycles. The fraction of sp³-hybridized carbons (Fsp3) is 0.211. The van der Waals surface area contributed by atoms with E-state index in [4.69, 9.17) is 19.8 Å². The van der Waals surface area contributed by atoms with Crippen LogP contribution in [0.3, 0.4) is 0 Å². The molecule has 0 bridgehead atoms. The Hall–Kier alpha value is -3.39. The van der Waals surface area contributed by atoms with E-state index in [0.29, 0.717) is 16.8 Å². The molecule has 32 heavy (non-hydrogen) atoms. The fourth-order valence-electron chi connectivity index (χ4n) is 3.54. The molecule has 0 atom stereocenters. The van der Waals surface area contributed by atoms with E-state index in [9.17, 15) is 17.6 Å². The zero-order valence-corrected chi connectivity index (χ0v) is 17.5. The molecule has 4 N–H and O–H groups in total. The summed E-state index contributed by atoms with van der Waals surface area (Å²) in [6, 6.07) is 5.43. The van der Waals surface area contributed by atoms with Gasteiger partial charge in [0.25, 0.3) is 5.88 Å². The van der Waals surface area contributed by atoms with Gasteiger partial charge in [-0.2, -0.15) is 4.98 Å². The van der Waals surface area contributed by atoms with E-state index in [1.54, 1.807) is 0 Å². The van der Waals surface area contributed by atoms with Gasteiger partial charge < -0.3 is 14.7 Å². The number of aromatic nitrogens is 2. The first-order chi connectivity index (χ1) is 15.2. The van der Waals surface area contributed by atoms with Crippen molar-refractivity contribution in [1.82, 2.24) is 15.4 Å². The Morgan fingerprint density at radius 3 is 2.84 bits per heavy atom. The lowest BCUT2D eigenvalue weighted by Crippen LogP contribution is -2.35. The van der Waals surface area contributed by atoms with Crippen LogP contribution in [-0.2, 0) is 34.5 Å². The summed E-state index contributed by atoms with van der Waals surface area (Å²) in [4.78, 5) is 22.0. The van der Waals surface area contributed by atoms with Crippen LogP contribution in [0.15, 0.2) is 35.4 Å². The number of cyclic esters (lactones) is 1. The lowest BCUT2D eigenvalue weighted by molar-refractivity contribution is 0.141. The standard InChI is InChI=1S/C19H18FN5O6S/c1-30-18-14(20)5-13-16-12(6-22-17(13)24-18)9-31-19(26)25(16)8-10-2-3-15(32(21,28)29)11(4-10)7-23-27/h2-6,23,27H,7-9H2,1H3,(H2,21,28,29). The molecule has 1 aromatic carbocycles. The van der Waals surface area contributed by atoms with Crippen molar-refractivity contribution in [2.45, 2.75) is 24.6 Å². The number of methoxy groups -OCH3 is 1. The van der Waals surface area contributed by atoms with E-state index >= 15 is 0 Å². The van der Waals surface area contributed by atoms with Crippen LogP contribution < -0.4 is 20.3 Å². The van der Waals surface area contributed by atoms with E-state index in [0.717, 1.165) is 0 Å². The monoisotopic (exact) mass is 463 g/mol. The number of hydrogen-bond acceptors (Lipinski definition) is 9. The Morgan fingerprint density at radius 1 is 1.38 bits per heavy atom. The molecule has 13 heteroatoms. The van der Waals surface area contributed by atoms with Crippen molar-refractivity contribution in [2.75, 3.05) is 12.0 Å². The number of rotatable bonds is 6. The molecule has 0 fully saturated rings. The summed E-state index contributed by atoms with van der Waals surface area (Å²) in [7, 11) is -2.75. The zero-order valence-electron chi connectivity index (χ0n) is 16.7. The number of hydrogen-bond donors (Lipinski definition) is 3. The molecule has 3 heterocycles. The molecule has 0 saturated carbocycles. The number of pyridine rings is 2. The predicted molar refractivity (Wildman–Crippen MR) is 109 cm³/mol. The number of hydroxylamine groups is 1. The molecular weight excluding hydrogens is 445 g/mol. The fourth-order valence-corrected chi connectivity index (χ4v) is 4.30. The number of carbonyl (C=O) groups is 1. The number of amides is 1. The van der Waals surface area contributed by atoms with Crippen LogP contribution in [0.1, 0.15) is 16.7 Å². The number of anilines is 1. The molecule has 4 rings (SSSR count). The molecule has 0 radical (unpaired) electrons. The first-order valence-corrected chi connectivity index (χ1v) is 10.8. The van der Waals surface area contributed by atoms with Crippen molar-refractivity contribution in [3.05, 3.63) is 53.0 Å². The van der Waals surface area contributed by atoms with Gasteiger partial charge in [0, 0.05) is 23.7 Å². The van der Waals surface area contributed by atoms with Crippen molar-refractivity contribution in [3.8, 4) is 5.88 Å². The summed E-state index contributed by atoms with van der Waals surface area (Å²) in [6.07, 6.45) is 0.797. The van der Waals surface area contributed by atoms with E-state index < -0.39 is 21.9 Å². The lowest BCUT2D eigenvalue weighted by atomic mass is 10.1. The minimum absolute atomic E-state index is 0.0398. The van der Waals surface area contributed by atoms with Gasteiger partial charge >= 0.3 is 6.09 Å². The zero-order chi connectivity index (χ0) is 23.0. The van der Waals surface area contributed by atoms with Gasteiger partial charge in [-0.05, 0) is 23.3 Å². The highest BCUT2D eigenvalue weighted by molar-refractivity contribution is 7.89. The van der Waals surface area contributed by atoms with Crippen molar-refractivity contribution < 1.29 is 32.3 Å². The molecule has 2 aromatic heterocycles. The number of benzene rings is 1. The molecule has 1 amide bonds. The van der Waals surface area contributed by atoms with Gasteiger partial charge in [0.1, 0.15) is 6.61 Å². The predicted octanol–water partition coefficient (Wildman–Crippen LogP) is 1.56. The Labute approximate surface area is 181 Å². The minimum atomic E-state index is -4.03. The van der Waals surface area contributed by atoms with E-state index in [1.165, 1.54) is 42.5 Å². The molecule has 3 aromatic rings. The third-order valence-electron chi connectivity index (χ3n) is 4.90. The number of carbonyl (C=O) groups excluding carboxylic acids is 1. The lowest BCUT2D eigenvalue weighted by Gasteiger charge is -2.30. The Morgan fingerprint density at radius 2 is 2.16 bits per heavy atom. The van der Waals surface area contributed by atoms with Crippen LogP contribution in [0.2, 0.25) is 0 Å². The van der Waals surface area contributed by atoms with Crippen molar-refractivity contribution in [1.29, 1.82) is 0 Å². The number of ether oxygens (including phenoxy) is 2. The van der Waals surface area contributed by atoms with Gasteiger partial charge in [-0.15, -0.1) is 0 Å². The van der Waals surface area contributed by atoms with Gasteiger partial charge in [-0.25, -0.2) is 33.2 Å². The smallest absolute Gasteiger partial charge is 0.414 e. The Balaban J connectivity index is 1.82. The summed E-state index contributed by atoms with van der Waals surface area (Å²) in [6.45, 7) is -0.282. The van der Waals surface area contributed by atoms with Gasteiger partial charge in [-0.3, -0.25) is 4.90 Å². The molecule has 1 aliphatic rings. The van der Waals surface area contributed by atoms with E-state index in [1.807, 2.05) is 5.48 Å². The van der Waals surface area contributed by atoms with Crippen LogP contribution in [-0.4, -0.2) is 36.8 Å². The maximum absolute atomic E-state index is 14.4. The first kappa shape index (κ1) is 21.8. The maximum atomic E-state index is 14.4. The summed E-state index contributed by atoms with van der Waals surface area (Å²) < 4.78 is 48.1. The number of sulfonamides is 1.